The third-order valence-electron chi connectivity index (χ3n) is 3.48. The summed E-state index contributed by atoms with van der Waals surface area (Å²) in [6.07, 6.45) is 2.28. The molecule has 0 saturated carbocycles. The van der Waals surface area contributed by atoms with E-state index in [0.717, 1.165) is 63.9 Å². The lowest BCUT2D eigenvalue weighted by atomic mass is 10.3. The highest BCUT2D eigenvalue weighted by molar-refractivity contribution is 5.46. The first-order valence-electron chi connectivity index (χ1n) is 7.65. The number of ether oxygens (including phenoxy) is 2. The fourth-order valence-corrected chi connectivity index (χ4v) is 2.19. The molecule has 1 saturated heterocycles. The van der Waals surface area contributed by atoms with Crippen molar-refractivity contribution in [3.63, 3.8) is 0 Å². The zero-order valence-corrected chi connectivity index (χ0v) is 12.4. The minimum atomic E-state index is 0.806. The lowest BCUT2D eigenvalue weighted by molar-refractivity contribution is 0.0398. The van der Waals surface area contributed by atoms with Crippen molar-refractivity contribution in [3.8, 4) is 5.75 Å². The largest absolute Gasteiger partial charge is 0.494 e. The number of benzene rings is 1. The molecule has 1 heterocycles. The Labute approximate surface area is 122 Å². The number of nitrogens with zero attached hydrogens (tertiary/aromatic N) is 1. The molecule has 2 rings (SSSR count). The maximum atomic E-state index is 5.65. The van der Waals surface area contributed by atoms with Gasteiger partial charge in [0, 0.05) is 31.9 Å². The number of nitrogens with one attached hydrogen (secondary N) is 1. The monoisotopic (exact) mass is 278 g/mol. The van der Waals surface area contributed by atoms with Gasteiger partial charge in [0.15, 0.2) is 0 Å². The van der Waals surface area contributed by atoms with E-state index in [1.807, 2.05) is 12.1 Å². The number of unbranched alkanes of at least 4 members (excludes halogenated alkanes) is 1. The van der Waals surface area contributed by atoms with E-state index in [4.69, 9.17) is 9.47 Å². The summed E-state index contributed by atoms with van der Waals surface area (Å²) in [7, 11) is 0. The normalized spacial score (nSPS) is 16.1. The lowest BCUT2D eigenvalue weighted by Gasteiger charge is -2.26. The van der Waals surface area contributed by atoms with Gasteiger partial charge in [-0.25, -0.2) is 0 Å². The molecular weight excluding hydrogens is 252 g/mol. The van der Waals surface area contributed by atoms with E-state index in [9.17, 15) is 0 Å². The third kappa shape index (κ3) is 5.39. The van der Waals surface area contributed by atoms with Crippen molar-refractivity contribution in [2.24, 2.45) is 0 Å². The third-order valence-corrected chi connectivity index (χ3v) is 3.48. The molecule has 0 atom stereocenters. The van der Waals surface area contributed by atoms with Gasteiger partial charge in [-0.2, -0.15) is 0 Å². The zero-order chi connectivity index (χ0) is 14.0. The molecule has 112 valence electrons. The molecule has 1 N–H and O–H groups in total. The van der Waals surface area contributed by atoms with Gasteiger partial charge in [-0.15, -0.1) is 0 Å². The second kappa shape index (κ2) is 8.82. The minimum Gasteiger partial charge on any atom is -0.494 e. The van der Waals surface area contributed by atoms with Crippen LogP contribution in [0.3, 0.4) is 0 Å². The second-order valence-corrected chi connectivity index (χ2v) is 5.11. The lowest BCUT2D eigenvalue weighted by Crippen LogP contribution is -2.38. The molecule has 1 aliphatic heterocycles. The topological polar surface area (TPSA) is 33.7 Å². The van der Waals surface area contributed by atoms with Crippen LogP contribution in [0.15, 0.2) is 24.3 Å². The molecule has 1 aliphatic rings. The smallest absolute Gasteiger partial charge is 0.119 e. The van der Waals surface area contributed by atoms with Crippen molar-refractivity contribution in [2.45, 2.75) is 19.8 Å². The predicted octanol–water partition coefficient (Wildman–Crippen LogP) is 2.61. The maximum Gasteiger partial charge on any atom is 0.119 e. The van der Waals surface area contributed by atoms with E-state index < -0.39 is 0 Å². The Hall–Kier alpha value is -1.26. The Kier molecular flexibility index (Phi) is 6.68. The number of rotatable bonds is 8. The van der Waals surface area contributed by atoms with E-state index in [1.54, 1.807) is 0 Å². The van der Waals surface area contributed by atoms with Gasteiger partial charge < -0.3 is 14.8 Å². The van der Waals surface area contributed by atoms with Gasteiger partial charge in [-0.05, 0) is 30.7 Å². The average molecular weight is 278 g/mol. The summed E-state index contributed by atoms with van der Waals surface area (Å²) in [6.45, 7) is 8.84. The highest BCUT2D eigenvalue weighted by atomic mass is 16.5. The molecule has 0 radical (unpaired) electrons. The average Bonchev–Trinajstić information content (AvgIpc) is 2.50. The van der Waals surface area contributed by atoms with Crippen LogP contribution in [-0.4, -0.2) is 50.9 Å². The summed E-state index contributed by atoms with van der Waals surface area (Å²) in [4.78, 5) is 2.43. The van der Waals surface area contributed by atoms with Gasteiger partial charge in [-0.3, -0.25) is 4.90 Å². The Morgan fingerprint density at radius 1 is 1.20 bits per heavy atom. The van der Waals surface area contributed by atoms with Crippen LogP contribution >= 0.6 is 0 Å². The maximum absolute atomic E-state index is 5.65. The first kappa shape index (κ1) is 15.1. The molecule has 4 heteroatoms. The molecule has 1 aromatic rings. The fourth-order valence-electron chi connectivity index (χ4n) is 2.19. The van der Waals surface area contributed by atoms with Crippen molar-refractivity contribution in [2.75, 3.05) is 51.3 Å². The van der Waals surface area contributed by atoms with Crippen LogP contribution < -0.4 is 10.1 Å². The van der Waals surface area contributed by atoms with Crippen LogP contribution in [0.1, 0.15) is 19.8 Å². The zero-order valence-electron chi connectivity index (χ0n) is 12.4. The van der Waals surface area contributed by atoms with Crippen LogP contribution in [0.5, 0.6) is 5.75 Å². The number of hydrogen-bond acceptors (Lipinski definition) is 4. The number of hydrogen-bond donors (Lipinski definition) is 1. The van der Waals surface area contributed by atoms with E-state index in [0.29, 0.717) is 0 Å². The molecule has 1 aromatic carbocycles. The van der Waals surface area contributed by atoms with Crippen LogP contribution in [0.2, 0.25) is 0 Å². The summed E-state index contributed by atoms with van der Waals surface area (Å²) >= 11 is 0. The molecule has 0 unspecified atom stereocenters. The van der Waals surface area contributed by atoms with E-state index in [-0.39, 0.29) is 0 Å². The van der Waals surface area contributed by atoms with Gasteiger partial charge in [0.25, 0.3) is 0 Å². The molecule has 20 heavy (non-hydrogen) atoms. The van der Waals surface area contributed by atoms with Crippen LogP contribution in [0.25, 0.3) is 0 Å². The second-order valence-electron chi connectivity index (χ2n) is 5.11. The highest BCUT2D eigenvalue weighted by Gasteiger charge is 2.08. The Balaban J connectivity index is 1.65. The summed E-state index contributed by atoms with van der Waals surface area (Å²) in [5.74, 6) is 0.956. The summed E-state index contributed by atoms with van der Waals surface area (Å²) in [6, 6.07) is 8.24. The Morgan fingerprint density at radius 3 is 2.65 bits per heavy atom. The SMILES string of the molecule is CCCCOc1ccc(NCCN2CCOCC2)cc1. The highest BCUT2D eigenvalue weighted by Crippen LogP contribution is 2.15. The van der Waals surface area contributed by atoms with Gasteiger partial charge >= 0.3 is 0 Å². The fraction of sp³-hybridized carbons (Fsp3) is 0.625. The Bertz CT molecular complexity index is 361. The summed E-state index contributed by atoms with van der Waals surface area (Å²) in [5, 5.41) is 3.45. The molecule has 0 aliphatic carbocycles. The molecule has 0 bridgehead atoms. The van der Waals surface area contributed by atoms with E-state index in [2.05, 4.69) is 29.3 Å². The van der Waals surface area contributed by atoms with Crippen LogP contribution in [0, 0.1) is 0 Å². The number of morpholine rings is 1. The minimum absolute atomic E-state index is 0.806. The van der Waals surface area contributed by atoms with Gasteiger partial charge in [0.2, 0.25) is 0 Å². The first-order chi connectivity index (χ1) is 9.88. The summed E-state index contributed by atoms with van der Waals surface area (Å²) < 4.78 is 11.0. The molecule has 0 amide bonds. The number of anilines is 1. The van der Waals surface area contributed by atoms with Crippen molar-refractivity contribution < 1.29 is 9.47 Å². The molecular formula is C16H26N2O2. The molecule has 4 nitrogen and oxygen atoms in total. The summed E-state index contributed by atoms with van der Waals surface area (Å²) in [5.41, 5.74) is 1.15. The van der Waals surface area contributed by atoms with Gasteiger partial charge in [0.05, 0.1) is 19.8 Å². The standard InChI is InChI=1S/C16H26N2O2/c1-2-3-12-20-16-6-4-15(5-7-16)17-8-9-18-10-13-19-14-11-18/h4-7,17H,2-3,8-14H2,1H3. The van der Waals surface area contributed by atoms with Crippen molar-refractivity contribution in [1.29, 1.82) is 0 Å². The quantitative estimate of drug-likeness (QED) is 0.741. The van der Waals surface area contributed by atoms with E-state index in [1.165, 1.54) is 6.42 Å². The van der Waals surface area contributed by atoms with Crippen LogP contribution in [0.4, 0.5) is 5.69 Å². The predicted molar refractivity (Wildman–Crippen MR) is 82.6 cm³/mol. The van der Waals surface area contributed by atoms with Crippen molar-refractivity contribution in [1.82, 2.24) is 4.90 Å². The molecule has 0 spiro atoms. The van der Waals surface area contributed by atoms with Crippen molar-refractivity contribution in [3.05, 3.63) is 24.3 Å². The molecule has 0 aromatic heterocycles. The first-order valence-corrected chi connectivity index (χ1v) is 7.65. The molecule has 1 fully saturated rings. The van der Waals surface area contributed by atoms with Crippen molar-refractivity contribution >= 4 is 5.69 Å². The van der Waals surface area contributed by atoms with E-state index >= 15 is 0 Å². The van der Waals surface area contributed by atoms with Gasteiger partial charge in [0.1, 0.15) is 5.75 Å². The van der Waals surface area contributed by atoms with Gasteiger partial charge in [-0.1, -0.05) is 13.3 Å². The van der Waals surface area contributed by atoms with Crippen LogP contribution in [-0.2, 0) is 4.74 Å². The Morgan fingerprint density at radius 2 is 1.95 bits per heavy atom.